The molecule has 2 fully saturated rings. The van der Waals surface area contributed by atoms with Gasteiger partial charge in [-0.3, -0.25) is 4.79 Å². The SMILES string of the molecule is CCC(=O)N1CC(c2nncn2CC)C2(CCC2)C1. The van der Waals surface area contributed by atoms with E-state index >= 15 is 0 Å². The molecule has 1 atom stereocenters. The van der Waals surface area contributed by atoms with E-state index < -0.39 is 0 Å². The van der Waals surface area contributed by atoms with Crippen molar-refractivity contribution in [3.05, 3.63) is 12.2 Å². The lowest BCUT2D eigenvalue weighted by atomic mass is 9.62. The molecule has 1 aromatic heterocycles. The van der Waals surface area contributed by atoms with Crippen molar-refractivity contribution >= 4 is 5.91 Å². The predicted octanol–water partition coefficient (Wildman–Crippen LogP) is 1.80. The number of amides is 1. The first-order valence-corrected chi connectivity index (χ1v) is 7.35. The van der Waals surface area contributed by atoms with Crippen molar-refractivity contribution in [2.75, 3.05) is 13.1 Å². The highest BCUT2D eigenvalue weighted by Crippen LogP contribution is 2.55. The summed E-state index contributed by atoms with van der Waals surface area (Å²) < 4.78 is 2.13. The van der Waals surface area contributed by atoms with Crippen molar-refractivity contribution in [2.45, 2.75) is 52.0 Å². The number of nitrogens with zero attached hydrogens (tertiary/aromatic N) is 4. The van der Waals surface area contributed by atoms with Crippen molar-refractivity contribution in [1.29, 1.82) is 0 Å². The second kappa shape index (κ2) is 4.62. The third-order valence-corrected chi connectivity index (χ3v) is 4.95. The number of likely N-dealkylation sites (tertiary alicyclic amines) is 1. The molecule has 1 saturated carbocycles. The molecule has 1 amide bonds. The summed E-state index contributed by atoms with van der Waals surface area (Å²) in [5.74, 6) is 1.73. The fraction of sp³-hybridized carbons (Fsp3) is 0.786. The molecule has 1 aliphatic heterocycles. The van der Waals surface area contributed by atoms with E-state index in [-0.39, 0.29) is 11.3 Å². The Morgan fingerprint density at radius 1 is 1.47 bits per heavy atom. The van der Waals surface area contributed by atoms with E-state index in [0.717, 1.165) is 25.5 Å². The molecule has 0 aromatic carbocycles. The molecule has 2 heterocycles. The molecule has 1 spiro atoms. The van der Waals surface area contributed by atoms with Crippen molar-refractivity contribution in [3.8, 4) is 0 Å². The molecular formula is C14H22N4O. The summed E-state index contributed by atoms with van der Waals surface area (Å²) in [5.41, 5.74) is 0.283. The molecule has 1 unspecified atom stereocenters. The van der Waals surface area contributed by atoms with Crippen LogP contribution in [0.3, 0.4) is 0 Å². The molecule has 5 nitrogen and oxygen atoms in total. The quantitative estimate of drug-likeness (QED) is 0.834. The van der Waals surface area contributed by atoms with Crippen LogP contribution in [-0.2, 0) is 11.3 Å². The minimum absolute atomic E-state index is 0.274. The average molecular weight is 262 g/mol. The molecule has 0 radical (unpaired) electrons. The standard InChI is InChI=1S/C14H22N4O/c1-3-12(19)18-8-11(14(9-18)6-5-7-14)13-16-15-10-17(13)4-2/h10-11H,3-9H2,1-2H3. The Kier molecular flexibility index (Phi) is 3.07. The van der Waals surface area contributed by atoms with E-state index in [9.17, 15) is 4.79 Å². The van der Waals surface area contributed by atoms with Crippen LogP contribution in [0.2, 0.25) is 0 Å². The van der Waals surface area contributed by atoms with Crippen LogP contribution < -0.4 is 0 Å². The lowest BCUT2D eigenvalue weighted by molar-refractivity contribution is -0.130. The van der Waals surface area contributed by atoms with Crippen molar-refractivity contribution < 1.29 is 4.79 Å². The summed E-state index contributed by atoms with van der Waals surface area (Å²) in [4.78, 5) is 14.0. The Bertz CT molecular complexity index is 478. The monoisotopic (exact) mass is 262 g/mol. The van der Waals surface area contributed by atoms with Crippen LogP contribution in [0.4, 0.5) is 0 Å². The zero-order valence-corrected chi connectivity index (χ0v) is 11.8. The van der Waals surface area contributed by atoms with Gasteiger partial charge >= 0.3 is 0 Å². The number of hydrogen-bond donors (Lipinski definition) is 0. The Morgan fingerprint density at radius 3 is 2.84 bits per heavy atom. The Hall–Kier alpha value is -1.39. The topological polar surface area (TPSA) is 51.0 Å². The van der Waals surface area contributed by atoms with Gasteiger partial charge in [-0.2, -0.15) is 0 Å². The molecule has 5 heteroatoms. The van der Waals surface area contributed by atoms with Crippen LogP contribution in [0.25, 0.3) is 0 Å². The fourth-order valence-corrected chi connectivity index (χ4v) is 3.65. The summed E-state index contributed by atoms with van der Waals surface area (Å²) in [6.45, 7) is 6.70. The van der Waals surface area contributed by atoms with Crippen LogP contribution in [0.1, 0.15) is 51.3 Å². The van der Waals surface area contributed by atoms with E-state index in [4.69, 9.17) is 0 Å². The van der Waals surface area contributed by atoms with Crippen molar-refractivity contribution in [1.82, 2.24) is 19.7 Å². The van der Waals surface area contributed by atoms with Crippen molar-refractivity contribution in [3.63, 3.8) is 0 Å². The zero-order chi connectivity index (χ0) is 13.5. The number of carbonyl (C=O) groups excluding carboxylic acids is 1. The van der Waals surface area contributed by atoms with Crippen LogP contribution in [0, 0.1) is 5.41 Å². The molecule has 104 valence electrons. The summed E-state index contributed by atoms with van der Waals surface area (Å²) in [5, 5.41) is 8.40. The van der Waals surface area contributed by atoms with Gasteiger partial charge in [-0.1, -0.05) is 13.3 Å². The molecule has 3 rings (SSSR count). The largest absolute Gasteiger partial charge is 0.341 e. The molecule has 1 aromatic rings. The highest BCUT2D eigenvalue weighted by Gasteiger charge is 2.53. The maximum Gasteiger partial charge on any atom is 0.222 e. The van der Waals surface area contributed by atoms with E-state index in [1.807, 2.05) is 18.2 Å². The molecule has 1 aliphatic carbocycles. The van der Waals surface area contributed by atoms with Gasteiger partial charge in [0, 0.05) is 32.0 Å². The number of hydrogen-bond acceptors (Lipinski definition) is 3. The van der Waals surface area contributed by atoms with Crippen LogP contribution in [0.15, 0.2) is 6.33 Å². The lowest BCUT2D eigenvalue weighted by Crippen LogP contribution is -2.38. The minimum Gasteiger partial charge on any atom is -0.341 e. The van der Waals surface area contributed by atoms with Crippen LogP contribution in [0.5, 0.6) is 0 Å². The average Bonchev–Trinajstić information content (AvgIpc) is 3.00. The second-order valence-electron chi connectivity index (χ2n) is 5.87. The van der Waals surface area contributed by atoms with Gasteiger partial charge in [-0.05, 0) is 25.2 Å². The van der Waals surface area contributed by atoms with Crippen molar-refractivity contribution in [2.24, 2.45) is 5.41 Å². The molecule has 1 saturated heterocycles. The number of aryl methyl sites for hydroxylation is 1. The van der Waals surface area contributed by atoms with Gasteiger partial charge in [0.25, 0.3) is 0 Å². The number of carbonyl (C=O) groups is 1. The van der Waals surface area contributed by atoms with Gasteiger partial charge < -0.3 is 9.47 Å². The predicted molar refractivity (Wildman–Crippen MR) is 71.6 cm³/mol. The summed E-state index contributed by atoms with van der Waals surface area (Å²) >= 11 is 0. The number of aromatic nitrogens is 3. The van der Waals surface area contributed by atoms with Gasteiger partial charge in [0.1, 0.15) is 12.2 Å². The molecular weight excluding hydrogens is 240 g/mol. The maximum atomic E-state index is 12.0. The van der Waals surface area contributed by atoms with Gasteiger partial charge in [-0.15, -0.1) is 10.2 Å². The lowest BCUT2D eigenvalue weighted by Gasteiger charge is -2.42. The maximum absolute atomic E-state index is 12.0. The molecule has 19 heavy (non-hydrogen) atoms. The zero-order valence-electron chi connectivity index (χ0n) is 11.8. The first-order chi connectivity index (χ1) is 9.20. The number of rotatable bonds is 3. The normalized spacial score (nSPS) is 24.7. The fourth-order valence-electron chi connectivity index (χ4n) is 3.65. The highest BCUT2D eigenvalue weighted by atomic mass is 16.2. The summed E-state index contributed by atoms with van der Waals surface area (Å²) in [7, 11) is 0. The van der Waals surface area contributed by atoms with E-state index in [0.29, 0.717) is 12.3 Å². The van der Waals surface area contributed by atoms with E-state index in [1.54, 1.807) is 0 Å². The minimum atomic E-state index is 0.274. The van der Waals surface area contributed by atoms with Crippen LogP contribution in [-0.4, -0.2) is 38.7 Å². The third kappa shape index (κ3) is 1.86. The molecule has 2 aliphatic rings. The third-order valence-electron chi connectivity index (χ3n) is 4.95. The van der Waals surface area contributed by atoms with Gasteiger partial charge in [0.2, 0.25) is 5.91 Å². The molecule has 0 bridgehead atoms. The Labute approximate surface area is 114 Å². The summed E-state index contributed by atoms with van der Waals surface area (Å²) in [6, 6.07) is 0. The molecule has 0 N–H and O–H groups in total. The van der Waals surface area contributed by atoms with Gasteiger partial charge in [0.05, 0.1) is 0 Å². The second-order valence-corrected chi connectivity index (χ2v) is 5.87. The first kappa shape index (κ1) is 12.6. The Balaban J connectivity index is 1.89. The van der Waals surface area contributed by atoms with Crippen LogP contribution >= 0.6 is 0 Å². The van der Waals surface area contributed by atoms with Gasteiger partial charge in [0.15, 0.2) is 0 Å². The van der Waals surface area contributed by atoms with E-state index in [2.05, 4.69) is 21.7 Å². The smallest absolute Gasteiger partial charge is 0.222 e. The first-order valence-electron chi connectivity index (χ1n) is 7.35. The summed E-state index contributed by atoms with van der Waals surface area (Å²) in [6.07, 6.45) is 6.14. The highest BCUT2D eigenvalue weighted by molar-refractivity contribution is 5.76. The Morgan fingerprint density at radius 2 is 2.26 bits per heavy atom. The van der Waals surface area contributed by atoms with Gasteiger partial charge in [-0.25, -0.2) is 0 Å². The van der Waals surface area contributed by atoms with E-state index in [1.165, 1.54) is 19.3 Å².